The molecule has 23 heavy (non-hydrogen) atoms. The van der Waals surface area contributed by atoms with Crippen molar-refractivity contribution >= 4 is 11.7 Å². The molecule has 1 fully saturated rings. The Bertz CT molecular complexity index is 669. The maximum absolute atomic E-state index is 12.5. The minimum atomic E-state index is -0.0472. The average Bonchev–Trinajstić information content (AvgIpc) is 3.15. The van der Waals surface area contributed by atoms with E-state index in [-0.39, 0.29) is 11.7 Å². The normalized spacial score (nSPS) is 15.6. The molecule has 3 rings (SSSR count). The standard InChI is InChI=1S/C18H21N3O2/c19-11-13-6-9-21(10-7-13)18(23)15-3-1-14(2-4-15)17(22)16-5-8-20-12-16/h1-5,8,12-13,20H,6-7,9-11,19H2. The molecule has 0 aliphatic carbocycles. The van der Waals surface area contributed by atoms with Crippen LogP contribution in [0.1, 0.15) is 39.1 Å². The van der Waals surface area contributed by atoms with Gasteiger partial charge < -0.3 is 15.6 Å². The number of aromatic nitrogens is 1. The number of ketones is 1. The van der Waals surface area contributed by atoms with E-state index in [0.29, 0.717) is 29.2 Å². The van der Waals surface area contributed by atoms with Crippen molar-refractivity contribution in [1.82, 2.24) is 9.88 Å². The van der Waals surface area contributed by atoms with Gasteiger partial charge in [-0.3, -0.25) is 9.59 Å². The second-order valence-electron chi connectivity index (χ2n) is 5.98. The molecule has 2 aromatic rings. The van der Waals surface area contributed by atoms with Crippen molar-refractivity contribution < 1.29 is 9.59 Å². The average molecular weight is 311 g/mol. The summed E-state index contributed by atoms with van der Waals surface area (Å²) in [6, 6.07) is 8.64. The summed E-state index contributed by atoms with van der Waals surface area (Å²) in [6.07, 6.45) is 5.32. The molecule has 0 bridgehead atoms. The Kier molecular flexibility index (Phi) is 4.57. The lowest BCUT2D eigenvalue weighted by Gasteiger charge is -2.31. The summed E-state index contributed by atoms with van der Waals surface area (Å²) in [5, 5.41) is 0. The molecule has 1 amide bonds. The van der Waals surface area contributed by atoms with E-state index in [2.05, 4.69) is 4.98 Å². The van der Waals surface area contributed by atoms with Gasteiger partial charge in [0.15, 0.2) is 5.78 Å². The van der Waals surface area contributed by atoms with Crippen LogP contribution in [0, 0.1) is 5.92 Å². The van der Waals surface area contributed by atoms with Gasteiger partial charge in [-0.25, -0.2) is 0 Å². The van der Waals surface area contributed by atoms with Crippen LogP contribution in [0.15, 0.2) is 42.7 Å². The van der Waals surface area contributed by atoms with Crippen molar-refractivity contribution in [2.45, 2.75) is 12.8 Å². The second kappa shape index (κ2) is 6.79. The Balaban J connectivity index is 1.67. The highest BCUT2D eigenvalue weighted by Gasteiger charge is 2.23. The van der Waals surface area contributed by atoms with Crippen LogP contribution in [0.4, 0.5) is 0 Å². The van der Waals surface area contributed by atoms with Crippen molar-refractivity contribution in [2.75, 3.05) is 19.6 Å². The highest BCUT2D eigenvalue weighted by Crippen LogP contribution is 2.19. The fourth-order valence-corrected chi connectivity index (χ4v) is 2.95. The summed E-state index contributed by atoms with van der Waals surface area (Å²) >= 11 is 0. The Morgan fingerprint density at radius 3 is 2.26 bits per heavy atom. The summed E-state index contributed by atoms with van der Waals surface area (Å²) in [7, 11) is 0. The van der Waals surface area contributed by atoms with Gasteiger partial charge in [-0.15, -0.1) is 0 Å². The number of H-pyrrole nitrogens is 1. The molecule has 3 N–H and O–H groups in total. The van der Waals surface area contributed by atoms with Crippen LogP contribution in [0.25, 0.3) is 0 Å². The van der Waals surface area contributed by atoms with Gasteiger partial charge in [-0.05, 0) is 43.5 Å². The van der Waals surface area contributed by atoms with E-state index in [9.17, 15) is 9.59 Å². The van der Waals surface area contributed by atoms with Crippen molar-refractivity contribution in [3.8, 4) is 0 Å². The van der Waals surface area contributed by atoms with E-state index in [4.69, 9.17) is 5.73 Å². The fourth-order valence-electron chi connectivity index (χ4n) is 2.95. The van der Waals surface area contributed by atoms with E-state index >= 15 is 0 Å². The van der Waals surface area contributed by atoms with Crippen LogP contribution in [0.2, 0.25) is 0 Å². The number of benzene rings is 1. The van der Waals surface area contributed by atoms with Crippen LogP contribution < -0.4 is 5.73 Å². The van der Waals surface area contributed by atoms with Crippen molar-refractivity contribution in [2.24, 2.45) is 11.7 Å². The molecule has 1 aromatic carbocycles. The minimum absolute atomic E-state index is 0.0288. The first-order valence-electron chi connectivity index (χ1n) is 7.96. The van der Waals surface area contributed by atoms with E-state index in [1.54, 1.807) is 42.7 Å². The molecule has 0 atom stereocenters. The molecule has 0 unspecified atom stereocenters. The molecule has 1 saturated heterocycles. The second-order valence-corrected chi connectivity index (χ2v) is 5.98. The summed E-state index contributed by atoms with van der Waals surface area (Å²) in [4.78, 5) is 29.5. The molecule has 5 nitrogen and oxygen atoms in total. The molecular weight excluding hydrogens is 290 g/mol. The third kappa shape index (κ3) is 3.35. The number of amides is 1. The molecule has 1 aromatic heterocycles. The maximum Gasteiger partial charge on any atom is 0.253 e. The first-order valence-corrected chi connectivity index (χ1v) is 7.96. The minimum Gasteiger partial charge on any atom is -0.367 e. The lowest BCUT2D eigenvalue weighted by Crippen LogP contribution is -2.40. The summed E-state index contributed by atoms with van der Waals surface area (Å²) in [5.74, 6) is 0.510. The maximum atomic E-state index is 12.5. The molecule has 0 saturated carbocycles. The highest BCUT2D eigenvalue weighted by molar-refractivity contribution is 6.09. The molecule has 5 heteroatoms. The topological polar surface area (TPSA) is 79.2 Å². The third-order valence-electron chi connectivity index (χ3n) is 4.49. The Morgan fingerprint density at radius 1 is 1.04 bits per heavy atom. The number of carbonyl (C=O) groups excluding carboxylic acids is 2. The summed E-state index contributed by atoms with van der Waals surface area (Å²) < 4.78 is 0. The smallest absolute Gasteiger partial charge is 0.253 e. The number of nitrogens with one attached hydrogen (secondary N) is 1. The first-order chi connectivity index (χ1) is 11.2. The van der Waals surface area contributed by atoms with Crippen LogP contribution >= 0.6 is 0 Å². The van der Waals surface area contributed by atoms with Crippen molar-refractivity contribution in [3.05, 3.63) is 59.4 Å². The largest absolute Gasteiger partial charge is 0.367 e. The zero-order valence-corrected chi connectivity index (χ0v) is 13.0. The van der Waals surface area contributed by atoms with Crippen LogP contribution in [0.5, 0.6) is 0 Å². The van der Waals surface area contributed by atoms with Gasteiger partial charge in [-0.1, -0.05) is 12.1 Å². The predicted octanol–water partition coefficient (Wildman–Crippen LogP) is 2.06. The third-order valence-corrected chi connectivity index (χ3v) is 4.49. The zero-order valence-electron chi connectivity index (χ0n) is 13.0. The molecule has 120 valence electrons. The Morgan fingerprint density at radius 2 is 1.70 bits per heavy atom. The first kappa shape index (κ1) is 15.5. The molecule has 2 heterocycles. The van der Waals surface area contributed by atoms with Crippen LogP contribution in [0.3, 0.4) is 0 Å². The molecule has 1 aliphatic heterocycles. The predicted molar refractivity (Wildman–Crippen MR) is 88.3 cm³/mol. The lowest BCUT2D eigenvalue weighted by atomic mass is 9.96. The summed E-state index contributed by atoms with van der Waals surface area (Å²) in [5.41, 5.74) is 7.51. The fraction of sp³-hybridized carbons (Fsp3) is 0.333. The molecular formula is C18H21N3O2. The molecule has 0 radical (unpaired) electrons. The number of hydrogen-bond acceptors (Lipinski definition) is 3. The van der Waals surface area contributed by atoms with E-state index in [1.807, 2.05) is 4.90 Å². The van der Waals surface area contributed by atoms with E-state index in [1.165, 1.54) is 0 Å². The zero-order chi connectivity index (χ0) is 16.2. The number of aromatic amines is 1. The lowest BCUT2D eigenvalue weighted by molar-refractivity contribution is 0.0693. The van der Waals surface area contributed by atoms with Crippen molar-refractivity contribution in [3.63, 3.8) is 0 Å². The Hall–Kier alpha value is -2.40. The number of nitrogens with two attached hydrogens (primary N) is 1. The highest BCUT2D eigenvalue weighted by atomic mass is 16.2. The monoisotopic (exact) mass is 311 g/mol. The number of likely N-dealkylation sites (tertiary alicyclic amines) is 1. The van der Waals surface area contributed by atoms with Gasteiger partial charge in [0.1, 0.15) is 0 Å². The number of nitrogens with zero attached hydrogens (tertiary/aromatic N) is 1. The molecule has 0 spiro atoms. The SMILES string of the molecule is NCC1CCN(C(=O)c2ccc(C(=O)c3cc[nH]c3)cc2)CC1. The molecule has 1 aliphatic rings. The number of carbonyl (C=O) groups is 2. The summed E-state index contributed by atoms with van der Waals surface area (Å²) in [6.45, 7) is 2.20. The van der Waals surface area contributed by atoms with Gasteiger partial charge in [-0.2, -0.15) is 0 Å². The van der Waals surface area contributed by atoms with Crippen LogP contribution in [-0.4, -0.2) is 41.2 Å². The van der Waals surface area contributed by atoms with Crippen LogP contribution in [-0.2, 0) is 0 Å². The number of piperidine rings is 1. The van der Waals surface area contributed by atoms with Gasteiger partial charge in [0.05, 0.1) is 0 Å². The Labute approximate surface area is 135 Å². The van der Waals surface area contributed by atoms with Crippen molar-refractivity contribution in [1.29, 1.82) is 0 Å². The van der Waals surface area contributed by atoms with E-state index in [0.717, 1.165) is 25.9 Å². The quantitative estimate of drug-likeness (QED) is 0.848. The number of rotatable bonds is 4. The van der Waals surface area contributed by atoms with Gasteiger partial charge in [0.2, 0.25) is 0 Å². The van der Waals surface area contributed by atoms with Gasteiger partial charge in [0.25, 0.3) is 5.91 Å². The number of hydrogen-bond donors (Lipinski definition) is 2. The van der Waals surface area contributed by atoms with Gasteiger partial charge in [0, 0.05) is 42.2 Å². The van der Waals surface area contributed by atoms with E-state index < -0.39 is 0 Å². The van der Waals surface area contributed by atoms with Gasteiger partial charge >= 0.3 is 0 Å².